The van der Waals surface area contributed by atoms with E-state index in [1.807, 2.05) is 29.2 Å². The number of amides is 1. The average Bonchev–Trinajstić information content (AvgIpc) is 3.11. The number of ether oxygens (including phenoxy) is 1. The third-order valence-electron chi connectivity index (χ3n) is 4.36. The van der Waals surface area contributed by atoms with Crippen LogP contribution in [0, 0.1) is 0 Å². The Bertz CT molecular complexity index is 804. The lowest BCUT2D eigenvalue weighted by Crippen LogP contribution is -2.34. The predicted molar refractivity (Wildman–Crippen MR) is 94.8 cm³/mol. The molecule has 0 N–H and O–H groups in total. The zero-order valence-corrected chi connectivity index (χ0v) is 14.8. The van der Waals surface area contributed by atoms with E-state index in [-0.39, 0.29) is 23.2 Å². The maximum absolute atomic E-state index is 12.9. The minimum absolute atomic E-state index is 0.00548. The van der Waals surface area contributed by atoms with Gasteiger partial charge in [0.1, 0.15) is 5.69 Å². The van der Waals surface area contributed by atoms with Crippen LogP contribution in [0.4, 0.5) is 0 Å². The first-order valence-corrected chi connectivity index (χ1v) is 8.61. The molecule has 25 heavy (non-hydrogen) atoms. The van der Waals surface area contributed by atoms with Crippen LogP contribution in [0.15, 0.2) is 41.2 Å². The van der Waals surface area contributed by atoms with Crippen molar-refractivity contribution in [2.24, 2.45) is 0 Å². The number of rotatable bonds is 5. The van der Waals surface area contributed by atoms with E-state index in [0.29, 0.717) is 24.7 Å². The summed E-state index contributed by atoms with van der Waals surface area (Å²) in [6.45, 7) is 1.35. The van der Waals surface area contributed by atoms with E-state index in [0.717, 1.165) is 18.4 Å². The van der Waals surface area contributed by atoms with Crippen molar-refractivity contribution in [2.45, 2.75) is 25.4 Å². The maximum Gasteiger partial charge on any atom is 0.274 e. The summed E-state index contributed by atoms with van der Waals surface area (Å²) >= 11 is 5.95. The Hall–Kier alpha value is -2.18. The van der Waals surface area contributed by atoms with Crippen molar-refractivity contribution >= 4 is 17.5 Å². The third-order valence-corrected chi connectivity index (χ3v) is 4.61. The molecule has 0 aliphatic carbocycles. The number of hydrogen-bond acceptors (Lipinski definition) is 4. The highest BCUT2D eigenvalue weighted by molar-refractivity contribution is 6.30. The lowest BCUT2D eigenvalue weighted by Gasteiger charge is -2.25. The molecule has 1 aliphatic heterocycles. The average molecular weight is 362 g/mol. The normalized spacial score (nSPS) is 17.0. The van der Waals surface area contributed by atoms with Crippen LogP contribution in [0.25, 0.3) is 0 Å². The van der Waals surface area contributed by atoms with E-state index in [9.17, 15) is 9.59 Å². The summed E-state index contributed by atoms with van der Waals surface area (Å²) in [5.74, 6) is -0.163. The number of hydrogen-bond donors (Lipinski definition) is 0. The Morgan fingerprint density at radius 1 is 1.28 bits per heavy atom. The molecule has 1 aliphatic rings. The van der Waals surface area contributed by atoms with E-state index in [4.69, 9.17) is 16.3 Å². The van der Waals surface area contributed by atoms with Gasteiger partial charge in [0, 0.05) is 24.7 Å². The van der Waals surface area contributed by atoms with Crippen LogP contribution in [-0.2, 0) is 11.3 Å². The lowest BCUT2D eigenvalue weighted by molar-refractivity contribution is 0.0725. The second-order valence-electron chi connectivity index (χ2n) is 5.98. The number of nitrogens with zero attached hydrogens (tertiary/aromatic N) is 3. The van der Waals surface area contributed by atoms with Crippen LogP contribution in [0.2, 0.25) is 5.02 Å². The molecule has 2 heterocycles. The number of aromatic nitrogens is 2. The van der Waals surface area contributed by atoms with Gasteiger partial charge in [-0.15, -0.1) is 0 Å². The smallest absolute Gasteiger partial charge is 0.274 e. The summed E-state index contributed by atoms with van der Waals surface area (Å²) < 4.78 is 6.25. The number of halogens is 1. The van der Waals surface area contributed by atoms with Gasteiger partial charge in [0.15, 0.2) is 0 Å². The molecule has 1 unspecified atom stereocenters. The largest absolute Gasteiger partial charge is 0.383 e. The predicted octanol–water partition coefficient (Wildman–Crippen LogP) is 2.52. The van der Waals surface area contributed by atoms with E-state index < -0.39 is 0 Å². The first-order valence-electron chi connectivity index (χ1n) is 8.23. The standard InChI is InChI=1S/C18H20ClN3O3/c1-25-12-11-22-17(23)9-8-15(20-22)18(24)21-10-2-3-16(21)13-4-6-14(19)7-5-13/h4-9,16H,2-3,10-12H2,1H3. The van der Waals surface area contributed by atoms with E-state index >= 15 is 0 Å². The van der Waals surface area contributed by atoms with Crippen molar-refractivity contribution in [1.82, 2.24) is 14.7 Å². The molecular formula is C18H20ClN3O3. The van der Waals surface area contributed by atoms with E-state index in [1.165, 1.54) is 16.8 Å². The fraction of sp³-hybridized carbons (Fsp3) is 0.389. The van der Waals surface area contributed by atoms with E-state index in [1.54, 1.807) is 7.11 Å². The summed E-state index contributed by atoms with van der Waals surface area (Å²) in [6.07, 6.45) is 1.83. The molecule has 1 saturated heterocycles. The zero-order chi connectivity index (χ0) is 17.8. The van der Waals surface area contributed by atoms with Crippen molar-refractivity contribution < 1.29 is 9.53 Å². The van der Waals surface area contributed by atoms with Crippen molar-refractivity contribution in [3.8, 4) is 0 Å². The van der Waals surface area contributed by atoms with Gasteiger partial charge in [-0.05, 0) is 36.6 Å². The lowest BCUT2D eigenvalue weighted by atomic mass is 10.0. The summed E-state index contributed by atoms with van der Waals surface area (Å²) in [5.41, 5.74) is 1.09. The van der Waals surface area contributed by atoms with Crippen LogP contribution in [0.3, 0.4) is 0 Å². The van der Waals surface area contributed by atoms with Crippen LogP contribution in [0.5, 0.6) is 0 Å². The van der Waals surface area contributed by atoms with Gasteiger partial charge in [-0.25, -0.2) is 4.68 Å². The highest BCUT2D eigenvalue weighted by Gasteiger charge is 2.31. The molecule has 2 aromatic rings. The van der Waals surface area contributed by atoms with Gasteiger partial charge >= 0.3 is 0 Å². The third kappa shape index (κ3) is 3.91. The molecule has 7 heteroatoms. The molecule has 1 aromatic carbocycles. The van der Waals surface area contributed by atoms with Gasteiger partial charge in [0.2, 0.25) is 0 Å². The van der Waals surface area contributed by atoms with Crippen LogP contribution < -0.4 is 5.56 Å². The molecule has 0 bridgehead atoms. The number of carbonyl (C=O) groups is 1. The Morgan fingerprint density at radius 3 is 2.76 bits per heavy atom. The Labute approximate surface area is 151 Å². The molecule has 0 saturated carbocycles. The number of benzene rings is 1. The molecule has 1 atom stereocenters. The number of likely N-dealkylation sites (tertiary alicyclic amines) is 1. The Kier molecular flexibility index (Phi) is 5.50. The molecule has 132 valence electrons. The van der Waals surface area contributed by atoms with Crippen LogP contribution >= 0.6 is 11.6 Å². The second-order valence-corrected chi connectivity index (χ2v) is 6.42. The minimum Gasteiger partial charge on any atom is -0.383 e. The van der Waals surface area contributed by atoms with Gasteiger partial charge < -0.3 is 9.64 Å². The molecule has 1 amide bonds. The van der Waals surface area contributed by atoms with Gasteiger partial charge in [-0.1, -0.05) is 23.7 Å². The zero-order valence-electron chi connectivity index (χ0n) is 14.0. The fourth-order valence-electron chi connectivity index (χ4n) is 3.09. The molecule has 0 radical (unpaired) electrons. The number of carbonyl (C=O) groups excluding carboxylic acids is 1. The van der Waals surface area contributed by atoms with Gasteiger partial charge in [0.05, 0.1) is 19.2 Å². The quantitative estimate of drug-likeness (QED) is 0.820. The molecular weight excluding hydrogens is 342 g/mol. The first-order chi connectivity index (χ1) is 12.1. The van der Waals surface area contributed by atoms with Crippen molar-refractivity contribution in [1.29, 1.82) is 0 Å². The molecule has 6 nitrogen and oxygen atoms in total. The van der Waals surface area contributed by atoms with Crippen molar-refractivity contribution in [3.05, 3.63) is 63.0 Å². The number of methoxy groups -OCH3 is 1. The molecule has 0 spiro atoms. The second kappa shape index (κ2) is 7.80. The molecule has 3 rings (SSSR count). The van der Waals surface area contributed by atoms with Gasteiger partial charge in [-0.2, -0.15) is 5.10 Å². The summed E-state index contributed by atoms with van der Waals surface area (Å²) in [5, 5.41) is 4.88. The van der Waals surface area contributed by atoms with Crippen molar-refractivity contribution in [2.75, 3.05) is 20.3 Å². The van der Waals surface area contributed by atoms with E-state index in [2.05, 4.69) is 5.10 Å². The first kappa shape index (κ1) is 17.6. The highest BCUT2D eigenvalue weighted by Crippen LogP contribution is 2.33. The van der Waals surface area contributed by atoms with Crippen LogP contribution in [0.1, 0.15) is 34.9 Å². The molecule has 1 fully saturated rings. The minimum atomic E-state index is -0.246. The van der Waals surface area contributed by atoms with Gasteiger partial charge in [0.25, 0.3) is 11.5 Å². The summed E-state index contributed by atoms with van der Waals surface area (Å²) in [7, 11) is 1.56. The van der Waals surface area contributed by atoms with Crippen molar-refractivity contribution in [3.63, 3.8) is 0 Å². The summed E-state index contributed by atoms with van der Waals surface area (Å²) in [4.78, 5) is 26.6. The highest BCUT2D eigenvalue weighted by atomic mass is 35.5. The molecule has 1 aromatic heterocycles. The Balaban J connectivity index is 1.84. The Morgan fingerprint density at radius 2 is 2.04 bits per heavy atom. The topological polar surface area (TPSA) is 64.4 Å². The van der Waals surface area contributed by atoms with Crippen LogP contribution in [-0.4, -0.2) is 40.8 Å². The fourth-order valence-corrected chi connectivity index (χ4v) is 3.22. The maximum atomic E-state index is 12.9. The van der Waals surface area contributed by atoms with Gasteiger partial charge in [-0.3, -0.25) is 9.59 Å². The SMILES string of the molecule is COCCn1nc(C(=O)N2CCCC2c2ccc(Cl)cc2)ccc1=O. The summed E-state index contributed by atoms with van der Waals surface area (Å²) in [6, 6.07) is 10.4. The monoisotopic (exact) mass is 361 g/mol.